The highest BCUT2D eigenvalue weighted by molar-refractivity contribution is 9.10. The van der Waals surface area contributed by atoms with Gasteiger partial charge in [-0.1, -0.05) is 36.7 Å². The van der Waals surface area contributed by atoms with Crippen LogP contribution >= 0.6 is 15.9 Å². The summed E-state index contributed by atoms with van der Waals surface area (Å²) in [5, 5.41) is 0. The number of hydrogen-bond donors (Lipinski definition) is 1. The van der Waals surface area contributed by atoms with Crippen LogP contribution in [0, 0.1) is 5.41 Å². The van der Waals surface area contributed by atoms with E-state index in [1.54, 1.807) is 0 Å². The van der Waals surface area contributed by atoms with Gasteiger partial charge in [-0.3, -0.25) is 0 Å². The second-order valence-electron chi connectivity index (χ2n) is 4.74. The lowest BCUT2D eigenvalue weighted by molar-refractivity contribution is 0.205. The third kappa shape index (κ3) is 4.22. The van der Waals surface area contributed by atoms with E-state index in [0.717, 1.165) is 10.2 Å². The van der Waals surface area contributed by atoms with Crippen molar-refractivity contribution in [1.82, 2.24) is 0 Å². The van der Waals surface area contributed by atoms with Gasteiger partial charge in [-0.05, 0) is 29.7 Å². The van der Waals surface area contributed by atoms with E-state index in [4.69, 9.17) is 10.5 Å². The second kappa shape index (κ2) is 4.99. The average Bonchev–Trinajstić information content (AvgIpc) is 2.15. The Hall–Kier alpha value is -0.540. The topological polar surface area (TPSA) is 35.2 Å². The van der Waals surface area contributed by atoms with Crippen LogP contribution in [-0.2, 0) is 0 Å². The van der Waals surface area contributed by atoms with Gasteiger partial charge in [-0.15, -0.1) is 0 Å². The average molecular weight is 272 g/mol. The summed E-state index contributed by atoms with van der Waals surface area (Å²) in [4.78, 5) is 0. The van der Waals surface area contributed by atoms with Crippen molar-refractivity contribution >= 4 is 15.9 Å². The maximum absolute atomic E-state index is 5.99. The van der Waals surface area contributed by atoms with E-state index >= 15 is 0 Å². The number of halogens is 1. The first-order chi connectivity index (χ1) is 6.89. The summed E-state index contributed by atoms with van der Waals surface area (Å²) < 4.78 is 6.65. The lowest BCUT2D eigenvalue weighted by Crippen LogP contribution is -2.40. The van der Waals surface area contributed by atoms with Crippen molar-refractivity contribution in [3.63, 3.8) is 0 Å². The van der Waals surface area contributed by atoms with Crippen LogP contribution in [0.2, 0.25) is 0 Å². The number of benzene rings is 1. The molecule has 0 fully saturated rings. The van der Waals surface area contributed by atoms with Crippen molar-refractivity contribution in [3.05, 3.63) is 28.7 Å². The van der Waals surface area contributed by atoms with Crippen molar-refractivity contribution in [3.8, 4) is 5.75 Å². The predicted molar refractivity (Wildman–Crippen MR) is 67.1 cm³/mol. The van der Waals surface area contributed by atoms with Gasteiger partial charge in [0, 0.05) is 10.5 Å². The minimum atomic E-state index is 0.0427. The van der Waals surface area contributed by atoms with Crippen molar-refractivity contribution < 1.29 is 4.74 Å². The SMILES string of the molecule is CC(C)(C)C(N)COc1ccc(Br)cc1. The van der Waals surface area contributed by atoms with E-state index < -0.39 is 0 Å². The van der Waals surface area contributed by atoms with Crippen molar-refractivity contribution in [2.24, 2.45) is 11.1 Å². The molecule has 1 atom stereocenters. The van der Waals surface area contributed by atoms with Crippen LogP contribution in [0.3, 0.4) is 0 Å². The second-order valence-corrected chi connectivity index (χ2v) is 5.65. The van der Waals surface area contributed by atoms with Crippen LogP contribution in [0.1, 0.15) is 20.8 Å². The van der Waals surface area contributed by atoms with E-state index in [1.165, 1.54) is 0 Å². The highest BCUT2D eigenvalue weighted by atomic mass is 79.9. The highest BCUT2D eigenvalue weighted by Gasteiger charge is 2.20. The molecule has 0 aromatic heterocycles. The van der Waals surface area contributed by atoms with E-state index in [9.17, 15) is 0 Å². The zero-order chi connectivity index (χ0) is 11.5. The molecule has 15 heavy (non-hydrogen) atoms. The molecule has 0 saturated carbocycles. The predicted octanol–water partition coefficient (Wildman–Crippen LogP) is 3.20. The summed E-state index contributed by atoms with van der Waals surface area (Å²) in [6, 6.07) is 7.82. The van der Waals surface area contributed by atoms with Gasteiger partial charge in [0.05, 0.1) is 0 Å². The zero-order valence-corrected chi connectivity index (χ0v) is 11.0. The Morgan fingerprint density at radius 1 is 1.27 bits per heavy atom. The van der Waals surface area contributed by atoms with Gasteiger partial charge >= 0.3 is 0 Å². The monoisotopic (exact) mass is 271 g/mol. The van der Waals surface area contributed by atoms with Gasteiger partial charge in [0.15, 0.2) is 0 Å². The molecule has 0 spiro atoms. The molecule has 0 saturated heterocycles. The van der Waals surface area contributed by atoms with Crippen molar-refractivity contribution in [2.45, 2.75) is 26.8 Å². The molecule has 3 heteroatoms. The summed E-state index contributed by atoms with van der Waals surface area (Å²) in [7, 11) is 0. The molecule has 1 unspecified atom stereocenters. The number of rotatable bonds is 3. The first-order valence-electron chi connectivity index (χ1n) is 5.03. The molecule has 2 nitrogen and oxygen atoms in total. The molecule has 1 aromatic carbocycles. The number of hydrogen-bond acceptors (Lipinski definition) is 2. The molecule has 0 aliphatic rings. The summed E-state index contributed by atoms with van der Waals surface area (Å²) in [5.41, 5.74) is 6.07. The molecule has 0 heterocycles. The summed E-state index contributed by atoms with van der Waals surface area (Å²) in [6.45, 7) is 6.89. The molecule has 0 amide bonds. The van der Waals surface area contributed by atoms with Gasteiger partial charge in [0.25, 0.3) is 0 Å². The van der Waals surface area contributed by atoms with Gasteiger partial charge in [-0.2, -0.15) is 0 Å². The van der Waals surface area contributed by atoms with Crippen LogP contribution in [0.15, 0.2) is 28.7 Å². The Bertz CT molecular complexity index is 302. The quantitative estimate of drug-likeness (QED) is 0.917. The van der Waals surface area contributed by atoms with E-state index in [1.807, 2.05) is 24.3 Å². The molecule has 0 aliphatic carbocycles. The first-order valence-corrected chi connectivity index (χ1v) is 5.83. The van der Waals surface area contributed by atoms with E-state index in [0.29, 0.717) is 6.61 Å². The van der Waals surface area contributed by atoms with Gasteiger partial charge < -0.3 is 10.5 Å². The number of ether oxygens (including phenoxy) is 1. The van der Waals surface area contributed by atoms with Crippen molar-refractivity contribution in [2.75, 3.05) is 6.61 Å². The lowest BCUT2D eigenvalue weighted by atomic mass is 9.88. The molecule has 0 aliphatic heterocycles. The fraction of sp³-hybridized carbons (Fsp3) is 0.500. The Balaban J connectivity index is 2.47. The van der Waals surface area contributed by atoms with E-state index in [-0.39, 0.29) is 11.5 Å². The normalized spacial score (nSPS) is 13.7. The molecule has 0 bridgehead atoms. The summed E-state index contributed by atoms with van der Waals surface area (Å²) in [6.07, 6.45) is 0. The van der Waals surface area contributed by atoms with Crippen LogP contribution in [-0.4, -0.2) is 12.6 Å². The molecular weight excluding hydrogens is 254 g/mol. The van der Waals surface area contributed by atoms with Crippen LogP contribution in [0.4, 0.5) is 0 Å². The van der Waals surface area contributed by atoms with Gasteiger partial charge in [0.1, 0.15) is 12.4 Å². The van der Waals surface area contributed by atoms with Crippen LogP contribution in [0.25, 0.3) is 0 Å². The standard InChI is InChI=1S/C12H18BrNO/c1-12(2,3)11(14)8-15-10-6-4-9(13)5-7-10/h4-7,11H,8,14H2,1-3H3. The third-order valence-electron chi connectivity index (χ3n) is 2.36. The molecule has 1 aromatic rings. The van der Waals surface area contributed by atoms with E-state index in [2.05, 4.69) is 36.7 Å². The Kier molecular flexibility index (Phi) is 4.17. The smallest absolute Gasteiger partial charge is 0.119 e. The Morgan fingerprint density at radius 2 is 1.80 bits per heavy atom. The molecule has 2 N–H and O–H groups in total. The zero-order valence-electron chi connectivity index (χ0n) is 9.46. The van der Waals surface area contributed by atoms with Crippen LogP contribution < -0.4 is 10.5 Å². The maximum Gasteiger partial charge on any atom is 0.119 e. The molecule has 84 valence electrons. The first kappa shape index (κ1) is 12.5. The fourth-order valence-electron chi connectivity index (χ4n) is 0.967. The highest BCUT2D eigenvalue weighted by Crippen LogP contribution is 2.20. The third-order valence-corrected chi connectivity index (χ3v) is 2.88. The fourth-order valence-corrected chi connectivity index (χ4v) is 1.23. The summed E-state index contributed by atoms with van der Waals surface area (Å²) in [5.74, 6) is 0.859. The minimum absolute atomic E-state index is 0.0427. The minimum Gasteiger partial charge on any atom is -0.492 e. The van der Waals surface area contributed by atoms with Gasteiger partial charge in [-0.25, -0.2) is 0 Å². The van der Waals surface area contributed by atoms with Crippen molar-refractivity contribution in [1.29, 1.82) is 0 Å². The largest absolute Gasteiger partial charge is 0.492 e. The lowest BCUT2D eigenvalue weighted by Gasteiger charge is -2.26. The molecule has 1 rings (SSSR count). The Labute approximate surface area is 99.9 Å². The molecular formula is C12H18BrNO. The van der Waals surface area contributed by atoms with Crippen LogP contribution in [0.5, 0.6) is 5.75 Å². The molecule has 0 radical (unpaired) electrons. The number of nitrogens with two attached hydrogens (primary N) is 1. The van der Waals surface area contributed by atoms with Gasteiger partial charge in [0.2, 0.25) is 0 Å². The summed E-state index contributed by atoms with van der Waals surface area (Å²) >= 11 is 3.38. The maximum atomic E-state index is 5.99. The Morgan fingerprint density at radius 3 is 2.27 bits per heavy atom.